The van der Waals surface area contributed by atoms with Crippen molar-refractivity contribution >= 4 is 30.8 Å². The molecule has 4 rings (SSSR count). The summed E-state index contributed by atoms with van der Waals surface area (Å²) in [4.78, 5) is 26.8. The van der Waals surface area contributed by atoms with E-state index in [-0.39, 0.29) is 40.1 Å². The van der Waals surface area contributed by atoms with Gasteiger partial charge in [-0.15, -0.1) is 11.8 Å². The molecule has 162 valence electrons. The van der Waals surface area contributed by atoms with Gasteiger partial charge in [0.1, 0.15) is 16.9 Å². The number of nitrogens with zero attached hydrogens (tertiary/aromatic N) is 1. The van der Waals surface area contributed by atoms with Crippen molar-refractivity contribution in [3.8, 4) is 5.75 Å². The van der Waals surface area contributed by atoms with Crippen molar-refractivity contribution in [2.45, 2.75) is 54.1 Å². The molecule has 5 atom stereocenters. The molecule has 2 heterocycles. The molecule has 1 amide bonds. The van der Waals surface area contributed by atoms with Crippen LogP contribution in [0.4, 0.5) is 0 Å². The van der Waals surface area contributed by atoms with Gasteiger partial charge in [0, 0.05) is 29.1 Å². The first-order valence-electron chi connectivity index (χ1n) is 10.2. The summed E-state index contributed by atoms with van der Waals surface area (Å²) >= 11 is 1.45. The van der Waals surface area contributed by atoms with Crippen LogP contribution in [-0.2, 0) is 4.79 Å². The van der Waals surface area contributed by atoms with Crippen molar-refractivity contribution in [3.05, 3.63) is 23.3 Å². The van der Waals surface area contributed by atoms with Crippen LogP contribution in [0.15, 0.2) is 17.0 Å². The third-order valence-corrected chi connectivity index (χ3v) is 7.86. The van der Waals surface area contributed by atoms with E-state index in [0.717, 1.165) is 18.4 Å². The number of benzene rings is 1. The number of aliphatic hydroxyl groups is 1. The number of hydrogen-bond acceptors (Lipinski definition) is 7. The molecule has 0 bridgehead atoms. The number of fused-ring (bicyclic) bond motifs is 3. The average molecular weight is 434 g/mol. The number of thioether (sulfide) groups is 1. The Balaban J connectivity index is 1.50. The summed E-state index contributed by atoms with van der Waals surface area (Å²) in [5.41, 5.74) is 5.56. The standard InChI is InChI=1S/C20H27BN2O6S/c1-10(11-5-6-23(8-11)19(27)20(2,22)9-24)30-15-4-3-12-13-7-14(13)21(28)29-17(12)16(15)18(25)26/h3-4,10-11,13-14,24,28H,5-9,22H2,1-2H3,(H,25,26)/t10?,11?,13?,14?,20-/m1/s1. The number of carbonyl (C=O) groups excluding carboxylic acids is 1. The fraction of sp³-hybridized carbons (Fsp3) is 0.600. The smallest absolute Gasteiger partial charge is 0.526 e. The number of carboxylic acids is 1. The van der Waals surface area contributed by atoms with E-state index in [1.807, 2.05) is 19.1 Å². The van der Waals surface area contributed by atoms with Crippen molar-refractivity contribution < 1.29 is 29.5 Å². The van der Waals surface area contributed by atoms with Crippen molar-refractivity contribution in [1.82, 2.24) is 4.90 Å². The zero-order chi connectivity index (χ0) is 21.8. The van der Waals surface area contributed by atoms with Gasteiger partial charge in [-0.05, 0) is 43.2 Å². The molecule has 2 fully saturated rings. The first-order chi connectivity index (χ1) is 14.1. The van der Waals surface area contributed by atoms with Crippen molar-refractivity contribution in [1.29, 1.82) is 0 Å². The van der Waals surface area contributed by atoms with Gasteiger partial charge in [0.05, 0.1) is 6.61 Å². The van der Waals surface area contributed by atoms with Gasteiger partial charge in [0.2, 0.25) is 5.91 Å². The zero-order valence-corrected chi connectivity index (χ0v) is 17.9. The third kappa shape index (κ3) is 3.70. The Bertz CT molecular complexity index is 881. The summed E-state index contributed by atoms with van der Waals surface area (Å²) in [6.07, 6.45) is 1.60. The second kappa shape index (κ2) is 7.74. The van der Waals surface area contributed by atoms with E-state index in [4.69, 9.17) is 10.4 Å². The first-order valence-corrected chi connectivity index (χ1v) is 11.1. The lowest BCUT2D eigenvalue weighted by Crippen LogP contribution is -2.55. The zero-order valence-electron chi connectivity index (χ0n) is 17.1. The highest BCUT2D eigenvalue weighted by molar-refractivity contribution is 8.00. The molecule has 3 aliphatic rings. The molecule has 5 N–H and O–H groups in total. The number of aliphatic hydroxyl groups excluding tert-OH is 1. The number of amides is 1. The Kier molecular flexibility index (Phi) is 5.55. The lowest BCUT2D eigenvalue weighted by atomic mass is 9.77. The number of rotatable bonds is 6. The lowest BCUT2D eigenvalue weighted by Gasteiger charge is -2.28. The summed E-state index contributed by atoms with van der Waals surface area (Å²) < 4.78 is 5.60. The Hall–Kier alpha value is -1.75. The summed E-state index contributed by atoms with van der Waals surface area (Å²) in [5.74, 6) is -0.652. The van der Waals surface area contributed by atoms with Gasteiger partial charge >= 0.3 is 13.1 Å². The number of likely N-dealkylation sites (tertiary alicyclic amines) is 1. The number of aromatic carboxylic acids is 1. The maximum atomic E-state index is 12.5. The minimum atomic E-state index is -1.29. The Morgan fingerprint density at radius 2 is 2.20 bits per heavy atom. The molecule has 10 heteroatoms. The Labute approximate surface area is 179 Å². The van der Waals surface area contributed by atoms with Gasteiger partial charge in [0.25, 0.3) is 0 Å². The normalized spacial score (nSPS) is 27.6. The van der Waals surface area contributed by atoms with Crippen LogP contribution in [0.1, 0.15) is 48.5 Å². The number of carboxylic acid groups (broad SMARTS) is 1. The van der Waals surface area contributed by atoms with Gasteiger partial charge in [-0.2, -0.15) is 0 Å². The molecule has 1 saturated heterocycles. The van der Waals surface area contributed by atoms with Gasteiger partial charge in [-0.25, -0.2) is 4.79 Å². The van der Waals surface area contributed by atoms with E-state index in [2.05, 4.69) is 0 Å². The first kappa shape index (κ1) is 21.5. The maximum Gasteiger partial charge on any atom is 0.526 e. The summed E-state index contributed by atoms with van der Waals surface area (Å²) in [6, 6.07) is 3.75. The predicted octanol–water partition coefficient (Wildman–Crippen LogP) is 1.15. The van der Waals surface area contributed by atoms with Gasteiger partial charge in [-0.3, -0.25) is 4.79 Å². The molecule has 8 nitrogen and oxygen atoms in total. The van der Waals surface area contributed by atoms with E-state index in [1.54, 1.807) is 4.90 Å². The van der Waals surface area contributed by atoms with E-state index < -0.39 is 25.2 Å². The summed E-state index contributed by atoms with van der Waals surface area (Å²) in [5, 5.41) is 29.4. The molecule has 2 aliphatic heterocycles. The SMILES string of the molecule is CC(Sc1ccc2c(c1C(=O)O)OB(O)C1CC21)C1CCN(C(=O)[C@](C)(N)CO)C1. The molecular weight excluding hydrogens is 407 g/mol. The second-order valence-corrected chi connectivity index (χ2v) is 10.3. The van der Waals surface area contributed by atoms with Crippen LogP contribution >= 0.6 is 11.8 Å². The molecule has 0 radical (unpaired) electrons. The monoisotopic (exact) mass is 434 g/mol. The van der Waals surface area contributed by atoms with Crippen LogP contribution in [0.25, 0.3) is 0 Å². The van der Waals surface area contributed by atoms with Crippen molar-refractivity contribution in [2.75, 3.05) is 19.7 Å². The van der Waals surface area contributed by atoms with Crippen LogP contribution in [0.5, 0.6) is 5.75 Å². The van der Waals surface area contributed by atoms with Crippen LogP contribution in [0.3, 0.4) is 0 Å². The average Bonchev–Trinajstić information content (AvgIpc) is 3.36. The molecule has 4 unspecified atom stereocenters. The molecule has 1 saturated carbocycles. The Morgan fingerprint density at radius 1 is 1.47 bits per heavy atom. The van der Waals surface area contributed by atoms with E-state index in [1.165, 1.54) is 18.7 Å². The molecule has 0 spiro atoms. The van der Waals surface area contributed by atoms with Crippen LogP contribution < -0.4 is 10.4 Å². The quantitative estimate of drug-likeness (QED) is 0.387. The fourth-order valence-electron chi connectivity index (χ4n) is 4.48. The highest BCUT2D eigenvalue weighted by Crippen LogP contribution is 2.60. The number of carbonyl (C=O) groups is 2. The van der Waals surface area contributed by atoms with Gasteiger partial charge in [0.15, 0.2) is 0 Å². The van der Waals surface area contributed by atoms with Crippen LogP contribution in [-0.4, -0.2) is 69.6 Å². The summed E-state index contributed by atoms with van der Waals surface area (Å²) in [6.45, 7) is 4.21. The van der Waals surface area contributed by atoms with Crippen LogP contribution in [0.2, 0.25) is 5.82 Å². The Morgan fingerprint density at radius 3 is 2.87 bits per heavy atom. The van der Waals surface area contributed by atoms with E-state index in [9.17, 15) is 24.8 Å². The van der Waals surface area contributed by atoms with E-state index >= 15 is 0 Å². The molecular formula is C20H27BN2O6S. The van der Waals surface area contributed by atoms with Crippen molar-refractivity contribution in [2.24, 2.45) is 11.7 Å². The van der Waals surface area contributed by atoms with E-state index in [0.29, 0.717) is 18.0 Å². The van der Waals surface area contributed by atoms with Gasteiger partial charge in [-0.1, -0.05) is 13.0 Å². The van der Waals surface area contributed by atoms with Crippen LogP contribution in [0, 0.1) is 5.92 Å². The number of nitrogens with two attached hydrogens (primary N) is 1. The lowest BCUT2D eigenvalue weighted by molar-refractivity contribution is -0.136. The molecule has 1 aliphatic carbocycles. The topological polar surface area (TPSA) is 133 Å². The van der Waals surface area contributed by atoms with Crippen molar-refractivity contribution in [3.63, 3.8) is 0 Å². The maximum absolute atomic E-state index is 12.5. The van der Waals surface area contributed by atoms with Gasteiger partial charge < -0.3 is 30.5 Å². The number of hydrogen-bond donors (Lipinski definition) is 4. The minimum Gasteiger partial charge on any atom is -0.535 e. The second-order valence-electron chi connectivity index (χ2n) is 8.88. The fourth-order valence-corrected chi connectivity index (χ4v) is 5.74. The molecule has 30 heavy (non-hydrogen) atoms. The minimum absolute atomic E-state index is 0.0549. The largest absolute Gasteiger partial charge is 0.535 e. The highest BCUT2D eigenvalue weighted by Gasteiger charge is 2.54. The predicted molar refractivity (Wildman–Crippen MR) is 113 cm³/mol. The summed E-state index contributed by atoms with van der Waals surface area (Å²) in [7, 11) is -0.954. The highest BCUT2D eigenvalue weighted by atomic mass is 32.2. The molecule has 0 aromatic heterocycles. The molecule has 1 aromatic carbocycles. The third-order valence-electron chi connectivity index (χ3n) is 6.51. The molecule has 1 aromatic rings.